The van der Waals surface area contributed by atoms with Gasteiger partial charge in [0.25, 0.3) is 0 Å². The monoisotopic (exact) mass is 165 g/mol. The maximum Gasteiger partial charge on any atom is 0.0459 e. The van der Waals surface area contributed by atoms with Gasteiger partial charge in [-0.25, -0.2) is 0 Å². The summed E-state index contributed by atoms with van der Waals surface area (Å²) in [6, 6.07) is 0. The van der Waals surface area contributed by atoms with Crippen LogP contribution in [0.2, 0.25) is 0 Å². The molecule has 0 aromatic carbocycles. The third kappa shape index (κ3) is 3.29. The average Bonchev–Trinajstić information content (AvgIpc) is 1.90. The fourth-order valence-corrected chi connectivity index (χ4v) is 1.37. The van der Waals surface area contributed by atoms with E-state index in [1.165, 1.54) is 32.1 Å². The second kappa shape index (κ2) is 5.34. The predicted molar refractivity (Wildman–Crippen MR) is 33.7 cm³/mol. The SMILES string of the molecule is OCC1CCCCC1.[V]. The second-order valence-corrected chi connectivity index (χ2v) is 2.69. The Bertz CT molecular complexity index is 59.9. The van der Waals surface area contributed by atoms with Crippen molar-refractivity contribution in [1.29, 1.82) is 0 Å². The topological polar surface area (TPSA) is 20.2 Å². The van der Waals surface area contributed by atoms with Gasteiger partial charge in [0, 0.05) is 25.2 Å². The number of hydrogen-bond acceptors (Lipinski definition) is 1. The Labute approximate surface area is 68.7 Å². The van der Waals surface area contributed by atoms with Crippen LogP contribution in [-0.2, 0) is 18.6 Å². The van der Waals surface area contributed by atoms with Crippen LogP contribution < -0.4 is 0 Å². The zero-order chi connectivity index (χ0) is 5.82. The van der Waals surface area contributed by atoms with Crippen molar-refractivity contribution in [2.45, 2.75) is 32.1 Å². The number of rotatable bonds is 1. The van der Waals surface area contributed by atoms with Crippen LogP contribution in [0.1, 0.15) is 32.1 Å². The van der Waals surface area contributed by atoms with Gasteiger partial charge < -0.3 is 5.11 Å². The van der Waals surface area contributed by atoms with E-state index in [0.29, 0.717) is 12.5 Å². The van der Waals surface area contributed by atoms with E-state index in [4.69, 9.17) is 5.11 Å². The predicted octanol–water partition coefficient (Wildman–Crippen LogP) is 1.56. The van der Waals surface area contributed by atoms with Gasteiger partial charge in [-0.1, -0.05) is 19.3 Å². The average molecular weight is 165 g/mol. The summed E-state index contributed by atoms with van der Waals surface area (Å²) in [4.78, 5) is 0. The fourth-order valence-electron chi connectivity index (χ4n) is 1.37. The second-order valence-electron chi connectivity index (χ2n) is 2.69. The third-order valence-corrected chi connectivity index (χ3v) is 1.98. The molecule has 0 amide bonds. The van der Waals surface area contributed by atoms with E-state index in [1.54, 1.807) is 0 Å². The summed E-state index contributed by atoms with van der Waals surface area (Å²) < 4.78 is 0. The minimum absolute atomic E-state index is 0. The van der Waals surface area contributed by atoms with Crippen molar-refractivity contribution in [3.8, 4) is 0 Å². The largest absolute Gasteiger partial charge is 0.396 e. The van der Waals surface area contributed by atoms with E-state index < -0.39 is 0 Å². The summed E-state index contributed by atoms with van der Waals surface area (Å²) in [6.45, 7) is 0.417. The summed E-state index contributed by atoms with van der Waals surface area (Å²) in [7, 11) is 0. The molecule has 0 aromatic heterocycles. The van der Waals surface area contributed by atoms with E-state index in [2.05, 4.69) is 0 Å². The van der Waals surface area contributed by atoms with E-state index in [0.717, 1.165) is 0 Å². The first-order valence-corrected chi connectivity index (χ1v) is 3.54. The Balaban J connectivity index is 0.000000640. The summed E-state index contributed by atoms with van der Waals surface area (Å²) in [5, 5.41) is 8.69. The van der Waals surface area contributed by atoms with Gasteiger partial charge in [-0.3, -0.25) is 0 Å². The summed E-state index contributed by atoms with van der Waals surface area (Å²) in [5.41, 5.74) is 0. The van der Waals surface area contributed by atoms with Gasteiger partial charge in [0.05, 0.1) is 0 Å². The van der Waals surface area contributed by atoms with E-state index >= 15 is 0 Å². The normalized spacial score (nSPS) is 21.0. The molecule has 1 N–H and O–H groups in total. The first-order valence-electron chi connectivity index (χ1n) is 3.54. The Morgan fingerprint density at radius 3 is 2.00 bits per heavy atom. The van der Waals surface area contributed by atoms with Gasteiger partial charge in [0.2, 0.25) is 0 Å². The van der Waals surface area contributed by atoms with E-state index in [1.807, 2.05) is 0 Å². The molecule has 1 aliphatic rings. The molecule has 53 valence electrons. The van der Waals surface area contributed by atoms with Gasteiger partial charge in [-0.05, 0) is 18.8 Å². The molecule has 1 saturated carbocycles. The molecule has 9 heavy (non-hydrogen) atoms. The molecule has 2 heteroatoms. The molecule has 0 unspecified atom stereocenters. The Morgan fingerprint density at radius 2 is 1.67 bits per heavy atom. The van der Waals surface area contributed by atoms with Crippen molar-refractivity contribution in [3.05, 3.63) is 0 Å². The molecule has 0 atom stereocenters. The van der Waals surface area contributed by atoms with Crippen LogP contribution in [0.5, 0.6) is 0 Å². The first-order chi connectivity index (χ1) is 3.93. The Morgan fingerprint density at radius 1 is 1.11 bits per heavy atom. The molecule has 0 heterocycles. The molecule has 0 bridgehead atoms. The summed E-state index contributed by atoms with van der Waals surface area (Å²) in [6.07, 6.45) is 6.58. The van der Waals surface area contributed by atoms with Crippen molar-refractivity contribution in [2.24, 2.45) is 5.92 Å². The molecule has 0 aliphatic heterocycles. The third-order valence-electron chi connectivity index (χ3n) is 1.98. The molecular formula is C7H14OV. The number of aliphatic hydroxyl groups excluding tert-OH is 1. The van der Waals surface area contributed by atoms with Crippen LogP contribution in [0.15, 0.2) is 0 Å². The van der Waals surface area contributed by atoms with E-state index in [-0.39, 0.29) is 18.6 Å². The van der Waals surface area contributed by atoms with Crippen LogP contribution in [0.4, 0.5) is 0 Å². The fraction of sp³-hybridized carbons (Fsp3) is 1.00. The molecule has 1 radical (unpaired) electrons. The molecule has 1 rings (SSSR count). The maximum atomic E-state index is 8.69. The standard InChI is InChI=1S/C7H14O.V/c8-6-7-4-2-1-3-5-7;/h7-8H,1-6H2;. The zero-order valence-corrected chi connectivity index (χ0v) is 7.11. The van der Waals surface area contributed by atoms with Crippen LogP contribution in [0.3, 0.4) is 0 Å². The summed E-state index contributed by atoms with van der Waals surface area (Å²) in [5.74, 6) is 0.642. The van der Waals surface area contributed by atoms with Gasteiger partial charge in [0.15, 0.2) is 0 Å². The maximum absolute atomic E-state index is 8.69. The Kier molecular flexibility index (Phi) is 5.66. The molecule has 0 aromatic rings. The smallest absolute Gasteiger partial charge is 0.0459 e. The van der Waals surface area contributed by atoms with Crippen LogP contribution >= 0.6 is 0 Å². The molecular weight excluding hydrogens is 151 g/mol. The van der Waals surface area contributed by atoms with E-state index in [9.17, 15) is 0 Å². The molecule has 1 nitrogen and oxygen atoms in total. The Hall–Kier alpha value is 0.544. The van der Waals surface area contributed by atoms with Crippen molar-refractivity contribution in [3.63, 3.8) is 0 Å². The summed E-state index contributed by atoms with van der Waals surface area (Å²) >= 11 is 0. The molecule has 0 spiro atoms. The van der Waals surface area contributed by atoms with Gasteiger partial charge in [-0.2, -0.15) is 0 Å². The van der Waals surface area contributed by atoms with Crippen molar-refractivity contribution in [2.75, 3.05) is 6.61 Å². The first kappa shape index (κ1) is 9.54. The van der Waals surface area contributed by atoms with Gasteiger partial charge in [-0.15, -0.1) is 0 Å². The van der Waals surface area contributed by atoms with Crippen LogP contribution in [0.25, 0.3) is 0 Å². The quantitative estimate of drug-likeness (QED) is 0.625. The molecule has 1 fully saturated rings. The minimum Gasteiger partial charge on any atom is -0.396 e. The van der Waals surface area contributed by atoms with Crippen LogP contribution in [0, 0.1) is 5.92 Å². The van der Waals surface area contributed by atoms with Gasteiger partial charge >= 0.3 is 0 Å². The van der Waals surface area contributed by atoms with Crippen molar-refractivity contribution in [1.82, 2.24) is 0 Å². The number of aliphatic hydroxyl groups is 1. The minimum atomic E-state index is 0. The van der Waals surface area contributed by atoms with Crippen molar-refractivity contribution >= 4 is 0 Å². The van der Waals surface area contributed by atoms with Crippen molar-refractivity contribution < 1.29 is 23.7 Å². The molecule has 0 saturated heterocycles. The molecule has 1 aliphatic carbocycles. The van der Waals surface area contributed by atoms with Gasteiger partial charge in [0.1, 0.15) is 0 Å². The zero-order valence-electron chi connectivity index (χ0n) is 5.71. The van der Waals surface area contributed by atoms with Crippen LogP contribution in [-0.4, -0.2) is 11.7 Å². The number of hydrogen-bond donors (Lipinski definition) is 1.